The van der Waals surface area contributed by atoms with Gasteiger partial charge in [0.15, 0.2) is 0 Å². The molecule has 0 atom stereocenters. The minimum absolute atomic E-state index is 0.000791. The van der Waals surface area contributed by atoms with Crippen molar-refractivity contribution in [3.63, 3.8) is 0 Å². The van der Waals surface area contributed by atoms with Crippen LogP contribution in [0.3, 0.4) is 0 Å². The third-order valence-electron chi connectivity index (χ3n) is 3.33. The maximum atomic E-state index is 13.2. The summed E-state index contributed by atoms with van der Waals surface area (Å²) in [4.78, 5) is 8.99. The van der Waals surface area contributed by atoms with E-state index in [2.05, 4.69) is 15.3 Å². The molecule has 120 valence electrons. The lowest BCUT2D eigenvalue weighted by Crippen LogP contribution is -2.12. The van der Waals surface area contributed by atoms with Gasteiger partial charge in [0.25, 0.3) is 0 Å². The van der Waals surface area contributed by atoms with Crippen LogP contribution in [0, 0.1) is 0 Å². The van der Waals surface area contributed by atoms with Gasteiger partial charge in [-0.2, -0.15) is 13.2 Å². The molecular weight excluding hydrogens is 327 g/mol. The third-order valence-corrected chi connectivity index (χ3v) is 4.15. The predicted octanol–water partition coefficient (Wildman–Crippen LogP) is 4.33. The summed E-state index contributed by atoms with van der Waals surface area (Å²) in [5.41, 5.74) is -0.597. The lowest BCUT2D eigenvalue weighted by Gasteiger charge is -2.15. The van der Waals surface area contributed by atoms with E-state index in [1.165, 1.54) is 36.9 Å². The van der Waals surface area contributed by atoms with Gasteiger partial charge in [-0.15, -0.1) is 11.3 Å². The largest absolute Gasteiger partial charge is 0.497 e. The Morgan fingerprint density at radius 2 is 2.04 bits per heavy atom. The molecule has 3 aromatic rings. The molecular formula is C15H12F3N3OS. The van der Waals surface area contributed by atoms with Crippen LogP contribution in [-0.2, 0) is 12.7 Å². The van der Waals surface area contributed by atoms with Gasteiger partial charge in [-0.3, -0.25) is 0 Å². The lowest BCUT2D eigenvalue weighted by molar-refractivity contribution is -0.138. The number of hydrogen-bond acceptors (Lipinski definition) is 5. The van der Waals surface area contributed by atoms with Crippen molar-refractivity contribution in [2.24, 2.45) is 0 Å². The maximum Gasteiger partial charge on any atom is 0.416 e. The molecule has 0 amide bonds. The van der Waals surface area contributed by atoms with Crippen molar-refractivity contribution in [3.8, 4) is 5.75 Å². The second kappa shape index (κ2) is 6.04. The molecule has 2 heterocycles. The summed E-state index contributed by atoms with van der Waals surface area (Å²) in [6.45, 7) is 0.000791. The van der Waals surface area contributed by atoms with Crippen LogP contribution in [0.2, 0.25) is 0 Å². The number of rotatable bonds is 4. The molecule has 0 radical (unpaired) electrons. The summed E-state index contributed by atoms with van der Waals surface area (Å²) in [6.07, 6.45) is -3.06. The van der Waals surface area contributed by atoms with E-state index in [0.717, 1.165) is 16.3 Å². The first-order valence-corrected chi connectivity index (χ1v) is 7.53. The normalized spacial score (nSPS) is 11.7. The van der Waals surface area contributed by atoms with E-state index in [1.54, 1.807) is 0 Å². The smallest absolute Gasteiger partial charge is 0.416 e. The molecule has 1 aromatic carbocycles. The molecule has 4 nitrogen and oxygen atoms in total. The van der Waals surface area contributed by atoms with Crippen molar-refractivity contribution in [1.82, 2.24) is 9.97 Å². The molecule has 0 aliphatic carbocycles. The molecule has 23 heavy (non-hydrogen) atoms. The quantitative estimate of drug-likeness (QED) is 0.768. The maximum absolute atomic E-state index is 13.2. The van der Waals surface area contributed by atoms with Crippen molar-refractivity contribution in [3.05, 3.63) is 47.1 Å². The number of nitrogens with zero attached hydrogens (tertiary/aromatic N) is 2. The summed E-state index contributed by atoms with van der Waals surface area (Å²) >= 11 is 1.45. The average Bonchev–Trinajstić information content (AvgIpc) is 3.01. The van der Waals surface area contributed by atoms with E-state index >= 15 is 0 Å². The molecule has 0 saturated heterocycles. The van der Waals surface area contributed by atoms with Gasteiger partial charge < -0.3 is 10.1 Å². The molecule has 0 unspecified atom stereocenters. The predicted molar refractivity (Wildman–Crippen MR) is 82.7 cm³/mol. The number of nitrogens with one attached hydrogen (secondary N) is 1. The van der Waals surface area contributed by atoms with Gasteiger partial charge >= 0.3 is 6.18 Å². The fourth-order valence-corrected chi connectivity index (χ4v) is 2.94. The summed E-state index contributed by atoms with van der Waals surface area (Å²) in [5, 5.41) is 5.61. The van der Waals surface area contributed by atoms with Crippen molar-refractivity contribution >= 4 is 27.4 Å². The van der Waals surface area contributed by atoms with Crippen LogP contribution < -0.4 is 10.1 Å². The summed E-state index contributed by atoms with van der Waals surface area (Å²) < 4.78 is 44.4. The van der Waals surface area contributed by atoms with E-state index in [9.17, 15) is 13.2 Å². The van der Waals surface area contributed by atoms with Crippen LogP contribution in [0.5, 0.6) is 5.75 Å². The van der Waals surface area contributed by atoms with Gasteiger partial charge in [0, 0.05) is 6.54 Å². The molecule has 0 saturated carbocycles. The molecule has 0 aliphatic heterocycles. The Balaban J connectivity index is 1.90. The number of halogens is 3. The van der Waals surface area contributed by atoms with E-state index < -0.39 is 11.7 Å². The molecule has 8 heteroatoms. The van der Waals surface area contributed by atoms with Gasteiger partial charge in [-0.25, -0.2) is 9.97 Å². The first kappa shape index (κ1) is 15.5. The van der Waals surface area contributed by atoms with Crippen LogP contribution in [-0.4, -0.2) is 17.1 Å². The SMILES string of the molecule is COc1ccc(CNc2ncnc3sccc23)c(C(F)(F)F)c1. The molecule has 0 spiro atoms. The molecule has 2 aromatic heterocycles. The van der Waals surface area contributed by atoms with Crippen LogP contribution in [0.1, 0.15) is 11.1 Å². The zero-order chi connectivity index (χ0) is 16.4. The van der Waals surface area contributed by atoms with Gasteiger partial charge in [-0.05, 0) is 29.1 Å². The Hall–Kier alpha value is -2.35. The number of methoxy groups -OCH3 is 1. The standard InChI is InChI=1S/C15H12F3N3OS/c1-22-10-3-2-9(12(6-10)15(16,17)18)7-19-13-11-4-5-23-14(11)21-8-20-13/h2-6,8H,7H2,1H3,(H,19,20,21). The highest BCUT2D eigenvalue weighted by Crippen LogP contribution is 2.35. The lowest BCUT2D eigenvalue weighted by atomic mass is 10.1. The minimum atomic E-state index is -4.45. The number of fused-ring (bicyclic) bond motifs is 1. The van der Waals surface area contributed by atoms with Crippen LogP contribution in [0.25, 0.3) is 10.2 Å². The second-order valence-corrected chi connectivity index (χ2v) is 5.63. The van der Waals surface area contributed by atoms with E-state index in [4.69, 9.17) is 4.74 Å². The van der Waals surface area contributed by atoms with E-state index in [-0.39, 0.29) is 17.9 Å². The Bertz CT molecular complexity index is 832. The number of aromatic nitrogens is 2. The Morgan fingerprint density at radius 3 is 2.78 bits per heavy atom. The minimum Gasteiger partial charge on any atom is -0.497 e. The zero-order valence-corrected chi connectivity index (χ0v) is 12.8. The molecule has 0 bridgehead atoms. The number of alkyl halides is 3. The Labute approximate surface area is 134 Å². The van der Waals surface area contributed by atoms with Gasteiger partial charge in [0.05, 0.1) is 18.1 Å². The second-order valence-electron chi connectivity index (χ2n) is 4.74. The fourth-order valence-electron chi connectivity index (χ4n) is 2.21. The summed E-state index contributed by atoms with van der Waals surface area (Å²) in [7, 11) is 1.33. The molecule has 1 N–H and O–H groups in total. The van der Waals surface area contributed by atoms with Crippen molar-refractivity contribution in [2.45, 2.75) is 12.7 Å². The van der Waals surface area contributed by atoms with Gasteiger partial charge in [0.1, 0.15) is 22.7 Å². The summed E-state index contributed by atoms with van der Waals surface area (Å²) in [5.74, 6) is 0.684. The molecule has 0 aliphatic rings. The number of ether oxygens (including phenoxy) is 1. The number of anilines is 1. The Morgan fingerprint density at radius 1 is 1.22 bits per heavy atom. The van der Waals surface area contributed by atoms with Crippen LogP contribution in [0.15, 0.2) is 36.0 Å². The van der Waals surface area contributed by atoms with Crippen LogP contribution >= 0.6 is 11.3 Å². The fraction of sp³-hybridized carbons (Fsp3) is 0.200. The van der Waals surface area contributed by atoms with Crippen molar-refractivity contribution < 1.29 is 17.9 Å². The topological polar surface area (TPSA) is 47.0 Å². The Kier molecular flexibility index (Phi) is 4.08. The van der Waals surface area contributed by atoms with Gasteiger partial charge in [0.2, 0.25) is 0 Å². The number of thiophene rings is 1. The number of benzene rings is 1. The molecule has 0 fully saturated rings. The van der Waals surface area contributed by atoms with E-state index in [1.807, 2.05) is 11.4 Å². The first-order valence-electron chi connectivity index (χ1n) is 6.65. The highest BCUT2D eigenvalue weighted by molar-refractivity contribution is 7.16. The van der Waals surface area contributed by atoms with Crippen LogP contribution in [0.4, 0.5) is 19.0 Å². The zero-order valence-electron chi connectivity index (χ0n) is 12.0. The monoisotopic (exact) mass is 339 g/mol. The molecule has 3 rings (SSSR count). The highest BCUT2D eigenvalue weighted by atomic mass is 32.1. The van der Waals surface area contributed by atoms with E-state index in [0.29, 0.717) is 5.82 Å². The number of hydrogen-bond donors (Lipinski definition) is 1. The van der Waals surface area contributed by atoms with Crippen molar-refractivity contribution in [2.75, 3.05) is 12.4 Å². The highest BCUT2D eigenvalue weighted by Gasteiger charge is 2.33. The third kappa shape index (κ3) is 3.21. The van der Waals surface area contributed by atoms with Crippen molar-refractivity contribution in [1.29, 1.82) is 0 Å². The first-order chi connectivity index (χ1) is 11.0. The summed E-state index contributed by atoms with van der Waals surface area (Å²) in [6, 6.07) is 5.74. The van der Waals surface area contributed by atoms with Gasteiger partial charge in [-0.1, -0.05) is 6.07 Å². The average molecular weight is 339 g/mol.